The van der Waals surface area contributed by atoms with Gasteiger partial charge in [0.2, 0.25) is 0 Å². The Morgan fingerprint density at radius 2 is 1.89 bits per heavy atom. The van der Waals surface area contributed by atoms with E-state index in [-0.39, 0.29) is 18.0 Å². The summed E-state index contributed by atoms with van der Waals surface area (Å²) in [5.41, 5.74) is 0.761. The molecular formula is C13H19NO5. The van der Waals surface area contributed by atoms with Crippen molar-refractivity contribution in [2.24, 2.45) is 0 Å². The Balaban J connectivity index is 2.73. The summed E-state index contributed by atoms with van der Waals surface area (Å²) in [7, 11) is 0. The Morgan fingerprint density at radius 1 is 1.26 bits per heavy atom. The van der Waals surface area contributed by atoms with Gasteiger partial charge in [-0.15, -0.1) is 0 Å². The minimum absolute atomic E-state index is 0.0493. The summed E-state index contributed by atoms with van der Waals surface area (Å²) >= 11 is 0. The highest BCUT2D eigenvalue weighted by Crippen LogP contribution is 2.27. The highest BCUT2D eigenvalue weighted by Gasteiger charge is 2.17. The molecule has 6 nitrogen and oxygen atoms in total. The molecule has 0 spiro atoms. The van der Waals surface area contributed by atoms with Crippen LogP contribution in [0.25, 0.3) is 0 Å². The fraction of sp³-hybridized carbons (Fsp3) is 0.538. The van der Waals surface area contributed by atoms with E-state index in [0.29, 0.717) is 13.2 Å². The first-order valence-corrected chi connectivity index (χ1v) is 6.19. The number of nitro benzene ring substituents is 1. The van der Waals surface area contributed by atoms with E-state index in [4.69, 9.17) is 14.2 Å². The van der Waals surface area contributed by atoms with Crippen LogP contribution in [-0.2, 0) is 9.47 Å². The van der Waals surface area contributed by atoms with Gasteiger partial charge in [0.1, 0.15) is 6.61 Å². The first-order chi connectivity index (χ1) is 9.08. The molecule has 0 aliphatic heterocycles. The average Bonchev–Trinajstić information content (AvgIpc) is 2.37. The van der Waals surface area contributed by atoms with E-state index >= 15 is 0 Å². The van der Waals surface area contributed by atoms with Gasteiger partial charge in [-0.3, -0.25) is 10.1 Å². The molecule has 0 N–H and O–H groups in total. The van der Waals surface area contributed by atoms with Crippen LogP contribution in [0.2, 0.25) is 0 Å². The molecule has 0 amide bonds. The molecule has 0 unspecified atom stereocenters. The zero-order valence-electron chi connectivity index (χ0n) is 11.4. The Kier molecular flexibility index (Phi) is 6.24. The van der Waals surface area contributed by atoms with Crippen molar-refractivity contribution in [1.29, 1.82) is 0 Å². The van der Waals surface area contributed by atoms with E-state index in [2.05, 4.69) is 0 Å². The zero-order valence-corrected chi connectivity index (χ0v) is 11.4. The van der Waals surface area contributed by atoms with Gasteiger partial charge in [0.05, 0.1) is 4.92 Å². The molecule has 0 saturated heterocycles. The van der Waals surface area contributed by atoms with Crippen molar-refractivity contribution in [2.45, 2.75) is 27.1 Å². The highest BCUT2D eigenvalue weighted by molar-refractivity contribution is 5.48. The number of aryl methyl sites for hydroxylation is 1. The van der Waals surface area contributed by atoms with Gasteiger partial charge in [-0.05, 0) is 32.4 Å². The van der Waals surface area contributed by atoms with Crippen molar-refractivity contribution in [2.75, 3.05) is 19.8 Å². The number of hydrogen-bond donors (Lipinski definition) is 0. The van der Waals surface area contributed by atoms with Crippen molar-refractivity contribution in [3.63, 3.8) is 0 Å². The van der Waals surface area contributed by atoms with Crippen LogP contribution in [0.15, 0.2) is 18.2 Å². The summed E-state index contributed by atoms with van der Waals surface area (Å²) in [6.45, 7) is 6.58. The number of hydrogen-bond acceptors (Lipinski definition) is 5. The maximum absolute atomic E-state index is 10.9. The van der Waals surface area contributed by atoms with E-state index in [1.807, 2.05) is 13.8 Å². The van der Waals surface area contributed by atoms with Crippen molar-refractivity contribution in [3.05, 3.63) is 33.9 Å². The molecule has 6 heteroatoms. The van der Waals surface area contributed by atoms with E-state index in [0.717, 1.165) is 5.56 Å². The largest absolute Gasteiger partial charge is 0.481 e. The minimum Gasteiger partial charge on any atom is -0.481 e. The fourth-order valence-electron chi connectivity index (χ4n) is 1.57. The molecule has 1 rings (SSSR count). The van der Waals surface area contributed by atoms with Gasteiger partial charge >= 0.3 is 5.69 Å². The van der Waals surface area contributed by atoms with Gasteiger partial charge in [-0.1, -0.05) is 6.07 Å². The van der Waals surface area contributed by atoms with Gasteiger partial charge in [0, 0.05) is 19.3 Å². The summed E-state index contributed by atoms with van der Waals surface area (Å²) in [4.78, 5) is 10.5. The maximum Gasteiger partial charge on any atom is 0.311 e. The van der Waals surface area contributed by atoms with Gasteiger partial charge < -0.3 is 14.2 Å². The first kappa shape index (κ1) is 15.4. The Bertz CT molecular complexity index is 415. The lowest BCUT2D eigenvalue weighted by Gasteiger charge is -2.17. The van der Waals surface area contributed by atoms with Crippen LogP contribution in [-0.4, -0.2) is 31.0 Å². The monoisotopic (exact) mass is 269 g/mol. The minimum atomic E-state index is -0.518. The second-order valence-electron chi connectivity index (χ2n) is 3.88. The average molecular weight is 269 g/mol. The molecule has 0 heterocycles. The van der Waals surface area contributed by atoms with Gasteiger partial charge in [-0.2, -0.15) is 0 Å². The smallest absolute Gasteiger partial charge is 0.311 e. The molecule has 0 fully saturated rings. The van der Waals surface area contributed by atoms with E-state index < -0.39 is 11.2 Å². The SMILES string of the molecule is CCOC(COc1ccc(C)cc1[N+](=O)[O-])OCC. The summed E-state index contributed by atoms with van der Waals surface area (Å²) in [5, 5.41) is 10.9. The van der Waals surface area contributed by atoms with Crippen molar-refractivity contribution in [3.8, 4) is 5.75 Å². The molecular weight excluding hydrogens is 250 g/mol. The van der Waals surface area contributed by atoms with Crippen molar-refractivity contribution >= 4 is 5.69 Å². The Hall–Kier alpha value is -1.66. The normalized spacial score (nSPS) is 10.7. The lowest BCUT2D eigenvalue weighted by atomic mass is 10.2. The summed E-state index contributed by atoms with van der Waals surface area (Å²) < 4.78 is 16.1. The van der Waals surface area contributed by atoms with Crippen LogP contribution < -0.4 is 4.74 Å². The first-order valence-electron chi connectivity index (χ1n) is 6.19. The number of benzene rings is 1. The maximum atomic E-state index is 10.9. The van der Waals surface area contributed by atoms with Gasteiger partial charge in [-0.25, -0.2) is 0 Å². The van der Waals surface area contributed by atoms with Crippen LogP contribution in [0, 0.1) is 17.0 Å². The zero-order chi connectivity index (χ0) is 14.3. The number of ether oxygens (including phenoxy) is 3. The summed E-state index contributed by atoms with van der Waals surface area (Å²) in [6.07, 6.45) is -0.518. The third kappa shape index (κ3) is 4.84. The van der Waals surface area contributed by atoms with Gasteiger partial charge in [0.25, 0.3) is 0 Å². The molecule has 0 aromatic heterocycles. The predicted molar refractivity (Wildman–Crippen MR) is 70.4 cm³/mol. The standard InChI is InChI=1S/C13H19NO5/c1-4-17-13(18-5-2)9-19-12-7-6-10(3)8-11(12)14(15)16/h6-8,13H,4-5,9H2,1-3H3. The Morgan fingerprint density at radius 3 is 2.42 bits per heavy atom. The highest BCUT2D eigenvalue weighted by atomic mass is 16.7. The third-order valence-corrected chi connectivity index (χ3v) is 2.39. The van der Waals surface area contributed by atoms with Crippen LogP contribution >= 0.6 is 0 Å². The second kappa shape index (κ2) is 7.70. The number of nitro groups is 1. The van der Waals surface area contributed by atoms with Crippen molar-refractivity contribution in [1.82, 2.24) is 0 Å². The molecule has 0 bridgehead atoms. The molecule has 19 heavy (non-hydrogen) atoms. The van der Waals surface area contributed by atoms with E-state index in [1.165, 1.54) is 6.07 Å². The lowest BCUT2D eigenvalue weighted by Crippen LogP contribution is -2.25. The van der Waals surface area contributed by atoms with E-state index in [9.17, 15) is 10.1 Å². The topological polar surface area (TPSA) is 70.8 Å². The van der Waals surface area contributed by atoms with Gasteiger partial charge in [0.15, 0.2) is 12.0 Å². The Labute approximate surface area is 112 Å². The number of rotatable bonds is 8. The van der Waals surface area contributed by atoms with Crippen LogP contribution in [0.1, 0.15) is 19.4 Å². The van der Waals surface area contributed by atoms with E-state index in [1.54, 1.807) is 19.1 Å². The summed E-state index contributed by atoms with van der Waals surface area (Å²) in [6, 6.07) is 4.83. The fourth-order valence-corrected chi connectivity index (χ4v) is 1.57. The molecule has 106 valence electrons. The number of nitrogens with zero attached hydrogens (tertiary/aromatic N) is 1. The summed E-state index contributed by atoms with van der Waals surface area (Å²) in [5.74, 6) is 0.222. The second-order valence-corrected chi connectivity index (χ2v) is 3.88. The van der Waals surface area contributed by atoms with Crippen LogP contribution in [0.5, 0.6) is 5.75 Å². The molecule has 1 aromatic carbocycles. The quantitative estimate of drug-likeness (QED) is 0.412. The molecule has 0 saturated carbocycles. The predicted octanol–water partition coefficient (Wildman–Crippen LogP) is 2.68. The van der Waals surface area contributed by atoms with Crippen LogP contribution in [0.3, 0.4) is 0 Å². The third-order valence-electron chi connectivity index (χ3n) is 2.39. The molecule has 1 aromatic rings. The molecule has 0 aliphatic rings. The van der Waals surface area contributed by atoms with Crippen LogP contribution in [0.4, 0.5) is 5.69 Å². The molecule has 0 aliphatic carbocycles. The van der Waals surface area contributed by atoms with Crippen molar-refractivity contribution < 1.29 is 19.1 Å². The molecule has 0 radical (unpaired) electrons. The lowest BCUT2D eigenvalue weighted by molar-refractivity contribution is -0.386. The molecule has 0 atom stereocenters.